The minimum absolute atomic E-state index is 0.0304. The molecule has 43 heavy (non-hydrogen) atoms. The Kier molecular flexibility index (Phi) is 26.3. The fourth-order valence-corrected chi connectivity index (χ4v) is 5.28. The lowest BCUT2D eigenvalue weighted by atomic mass is 9.80. The van der Waals surface area contributed by atoms with E-state index >= 15 is 0 Å². The van der Waals surface area contributed by atoms with Crippen molar-refractivity contribution in [1.29, 1.82) is 0 Å². The number of benzene rings is 1. The molecule has 0 bridgehead atoms. The number of nitrogens with two attached hydrogens (primary N) is 2. The fraction of sp³-hybridized carbons (Fsp3) is 0.667. The van der Waals surface area contributed by atoms with E-state index in [1.54, 1.807) is 0 Å². The van der Waals surface area contributed by atoms with E-state index in [0.29, 0.717) is 17.9 Å². The maximum atomic E-state index is 10.2. The summed E-state index contributed by atoms with van der Waals surface area (Å²) in [7, 11) is 0. The Morgan fingerprint density at radius 1 is 1.09 bits per heavy atom. The van der Waals surface area contributed by atoms with Gasteiger partial charge in [-0.1, -0.05) is 90.3 Å². The average Bonchev–Trinajstić information content (AvgIpc) is 2.93. The molecule has 248 valence electrons. The number of carbonyl (C=O) groups excluding carboxylic acids is 2. The Hall–Kier alpha value is -2.09. The molecule has 7 heteroatoms. The predicted octanol–water partition coefficient (Wildman–Crippen LogP) is 8.50. The quantitative estimate of drug-likeness (QED) is 0.106. The van der Waals surface area contributed by atoms with Gasteiger partial charge < -0.3 is 26.3 Å². The Labute approximate surface area is 269 Å². The first kappa shape index (κ1) is 43.0. The van der Waals surface area contributed by atoms with Crippen molar-refractivity contribution in [3.05, 3.63) is 53.2 Å². The highest BCUT2D eigenvalue weighted by molar-refractivity contribution is 8.07. The molecule has 1 aromatic rings. The lowest BCUT2D eigenvalue weighted by Gasteiger charge is -2.28. The van der Waals surface area contributed by atoms with Crippen LogP contribution < -0.4 is 16.8 Å². The van der Waals surface area contributed by atoms with Crippen molar-refractivity contribution >= 4 is 28.9 Å². The third kappa shape index (κ3) is 25.0. The van der Waals surface area contributed by atoms with Gasteiger partial charge in [0.15, 0.2) is 0 Å². The van der Waals surface area contributed by atoms with Crippen LogP contribution in [0, 0.1) is 17.3 Å². The fourth-order valence-electron chi connectivity index (χ4n) is 4.50. The van der Waals surface area contributed by atoms with Gasteiger partial charge in [0.2, 0.25) is 5.91 Å². The maximum Gasteiger partial charge on any atom is 0.243 e. The van der Waals surface area contributed by atoms with Crippen molar-refractivity contribution in [2.75, 3.05) is 26.0 Å². The normalized spacial score (nSPS) is 12.0. The molecule has 0 saturated carbocycles. The van der Waals surface area contributed by atoms with Crippen molar-refractivity contribution in [1.82, 2.24) is 5.32 Å². The van der Waals surface area contributed by atoms with Crippen molar-refractivity contribution in [2.24, 2.45) is 28.7 Å². The average molecular weight is 620 g/mol. The summed E-state index contributed by atoms with van der Waals surface area (Å²) in [5, 5.41) is 3.65. The number of hydrogen-bond donors (Lipinski definition) is 3. The van der Waals surface area contributed by atoms with Crippen LogP contribution in [0.15, 0.2) is 42.1 Å². The first-order valence-corrected chi connectivity index (χ1v) is 17.2. The predicted molar refractivity (Wildman–Crippen MR) is 190 cm³/mol. The van der Waals surface area contributed by atoms with Crippen LogP contribution in [0.1, 0.15) is 118 Å². The highest BCUT2D eigenvalue weighted by atomic mass is 32.2. The van der Waals surface area contributed by atoms with Crippen LogP contribution in [-0.2, 0) is 20.9 Å². The second kappa shape index (κ2) is 26.3. The molecule has 0 radical (unpaired) electrons. The molecule has 0 saturated heterocycles. The summed E-state index contributed by atoms with van der Waals surface area (Å²) in [5.74, 6) is 0.966. The molecule has 0 aliphatic heterocycles. The molecule has 0 fully saturated rings. The lowest BCUT2D eigenvalue weighted by molar-refractivity contribution is -0.122. The number of ether oxygens (including phenoxy) is 1. The number of thioether (sulfide) groups is 1. The number of unbranched alkanes of at least 4 members (excludes halogenated alkanes) is 2. The van der Waals surface area contributed by atoms with Crippen LogP contribution in [0.3, 0.4) is 0 Å². The van der Waals surface area contributed by atoms with E-state index in [1.165, 1.54) is 66.3 Å². The summed E-state index contributed by atoms with van der Waals surface area (Å²) in [5.41, 5.74) is 15.7. The monoisotopic (exact) mass is 619 g/mol. The highest BCUT2D eigenvalue weighted by Crippen LogP contribution is 2.32. The number of aldehydes is 1. The molecule has 1 aromatic carbocycles. The molecule has 1 rings (SSSR count). The van der Waals surface area contributed by atoms with Gasteiger partial charge in [-0.05, 0) is 94.1 Å². The summed E-state index contributed by atoms with van der Waals surface area (Å²) in [6.07, 6.45) is 12.3. The number of nitrogens with one attached hydrogen (secondary N) is 1. The van der Waals surface area contributed by atoms with Gasteiger partial charge in [0.25, 0.3) is 0 Å². The Bertz CT molecular complexity index is 903. The second-order valence-electron chi connectivity index (χ2n) is 12.6. The standard InChI is InChI=1S/C27H45NS.C7H16N2O2.C2H4O/c1-10-21(4)12-11-13-25(18-27(6,7)8)22(5)28-19-23-14-16-24(17-15-23)26(29-9)20(2)3;8-4-2-1-3-5-11-6-7(9)10;1-2-3/h14-17,21,25,28H,5,10-13,18-19H2,1-4,6-9H3;1-6,8H2,(H2,9,10);2H,1H3. The summed E-state index contributed by atoms with van der Waals surface area (Å²) >= 11 is 1.83. The van der Waals surface area contributed by atoms with Gasteiger partial charge in [0, 0.05) is 23.8 Å². The van der Waals surface area contributed by atoms with Crippen LogP contribution in [-0.4, -0.2) is 38.2 Å². The van der Waals surface area contributed by atoms with Crippen LogP contribution >= 0.6 is 11.8 Å². The number of amides is 1. The molecule has 5 N–H and O–H groups in total. The smallest absolute Gasteiger partial charge is 0.243 e. The van der Waals surface area contributed by atoms with E-state index in [1.807, 2.05) is 11.8 Å². The number of primary amides is 1. The zero-order valence-corrected chi connectivity index (χ0v) is 29.8. The molecule has 0 aliphatic rings. The maximum absolute atomic E-state index is 10.2. The molecule has 0 heterocycles. The summed E-state index contributed by atoms with van der Waals surface area (Å²) in [6, 6.07) is 8.99. The van der Waals surface area contributed by atoms with Gasteiger partial charge in [-0.2, -0.15) is 0 Å². The van der Waals surface area contributed by atoms with Crippen LogP contribution in [0.5, 0.6) is 0 Å². The second-order valence-corrected chi connectivity index (χ2v) is 13.4. The van der Waals surface area contributed by atoms with Gasteiger partial charge >= 0.3 is 0 Å². The molecule has 0 spiro atoms. The Balaban J connectivity index is 0. The molecule has 2 atom stereocenters. The van der Waals surface area contributed by atoms with Gasteiger partial charge in [0.05, 0.1) is 0 Å². The number of hydrogen-bond acceptors (Lipinski definition) is 6. The van der Waals surface area contributed by atoms with Crippen molar-refractivity contribution in [3.63, 3.8) is 0 Å². The van der Waals surface area contributed by atoms with E-state index < -0.39 is 5.91 Å². The minimum atomic E-state index is -0.413. The molecule has 0 aliphatic carbocycles. The SMILES string of the molecule is C=C(NCc1ccc(C(SC)=C(C)C)cc1)C(CCCC(C)CC)CC(C)(C)C.CC=O.NCCCCCOCC(N)=O. The van der Waals surface area contributed by atoms with E-state index in [4.69, 9.17) is 21.0 Å². The van der Waals surface area contributed by atoms with Crippen molar-refractivity contribution in [2.45, 2.75) is 113 Å². The zero-order valence-electron chi connectivity index (χ0n) is 29.0. The Morgan fingerprint density at radius 3 is 2.16 bits per heavy atom. The summed E-state index contributed by atoms with van der Waals surface area (Å²) < 4.78 is 4.93. The third-order valence-electron chi connectivity index (χ3n) is 6.93. The topological polar surface area (TPSA) is 107 Å². The van der Waals surface area contributed by atoms with Crippen LogP contribution in [0.4, 0.5) is 0 Å². The molecule has 6 nitrogen and oxygen atoms in total. The van der Waals surface area contributed by atoms with Crippen LogP contribution in [0.2, 0.25) is 0 Å². The van der Waals surface area contributed by atoms with Crippen LogP contribution in [0.25, 0.3) is 4.91 Å². The summed E-state index contributed by atoms with van der Waals surface area (Å²) in [6.45, 7) is 24.1. The van der Waals surface area contributed by atoms with Gasteiger partial charge in [-0.25, -0.2) is 0 Å². The molecular weight excluding hydrogens is 554 g/mol. The van der Waals surface area contributed by atoms with Gasteiger partial charge in [-0.15, -0.1) is 11.8 Å². The largest absolute Gasteiger partial charge is 0.385 e. The van der Waals surface area contributed by atoms with Crippen molar-refractivity contribution < 1.29 is 14.3 Å². The Morgan fingerprint density at radius 2 is 1.70 bits per heavy atom. The lowest BCUT2D eigenvalue weighted by Crippen LogP contribution is -2.23. The van der Waals surface area contributed by atoms with Crippen molar-refractivity contribution in [3.8, 4) is 0 Å². The number of allylic oxidation sites excluding steroid dienone is 2. The van der Waals surface area contributed by atoms with Gasteiger partial charge in [0.1, 0.15) is 12.9 Å². The first-order chi connectivity index (χ1) is 20.3. The van der Waals surface area contributed by atoms with Gasteiger partial charge in [-0.3, -0.25) is 4.79 Å². The number of carbonyl (C=O) groups is 2. The van der Waals surface area contributed by atoms with E-state index in [2.05, 4.69) is 90.9 Å². The van der Waals surface area contributed by atoms with E-state index in [-0.39, 0.29) is 6.61 Å². The minimum Gasteiger partial charge on any atom is -0.385 e. The molecule has 0 aromatic heterocycles. The molecule has 2 unspecified atom stereocenters. The van der Waals surface area contributed by atoms with E-state index in [0.717, 1.165) is 44.6 Å². The van der Waals surface area contributed by atoms with E-state index in [9.17, 15) is 4.79 Å². The zero-order chi connectivity index (χ0) is 33.3. The molecular formula is C36H65N3O3S. The first-order valence-electron chi connectivity index (χ1n) is 15.9. The third-order valence-corrected chi connectivity index (χ3v) is 7.98. The number of rotatable bonds is 19. The summed E-state index contributed by atoms with van der Waals surface area (Å²) in [4.78, 5) is 20.3. The molecule has 1 amide bonds. The highest BCUT2D eigenvalue weighted by Gasteiger charge is 2.21.